The molecule has 0 unspecified atom stereocenters. The first-order valence-corrected chi connectivity index (χ1v) is 13.1. The van der Waals surface area contributed by atoms with Crippen molar-refractivity contribution in [3.05, 3.63) is 35.8 Å². The standard InChI is InChI=1S/C26H39FN8O/c1-3-36-16-12-30-24-23(22(28)18-34-13-5-4-6-14-34)32-26(35-15-11-29-19(2)17-35)33-25(24)31-21-9-7-20(27)8-10-21/h7-10,19,28-30H,3-6,11-18H2,1-2H3,(H,31,32,33)/t19-/m0/s1. The molecule has 9 nitrogen and oxygen atoms in total. The second kappa shape index (κ2) is 12.9. The highest BCUT2D eigenvalue weighted by atomic mass is 19.1. The van der Waals surface area contributed by atoms with Crippen LogP contribution in [-0.2, 0) is 4.74 Å². The van der Waals surface area contributed by atoms with E-state index in [-0.39, 0.29) is 5.82 Å². The van der Waals surface area contributed by atoms with Crippen LogP contribution in [0, 0.1) is 11.2 Å². The molecule has 2 aliphatic rings. The summed E-state index contributed by atoms with van der Waals surface area (Å²) in [6, 6.07) is 6.53. The van der Waals surface area contributed by atoms with Gasteiger partial charge in [0.05, 0.1) is 12.3 Å². The monoisotopic (exact) mass is 498 g/mol. The molecule has 4 rings (SSSR count). The predicted molar refractivity (Wildman–Crippen MR) is 143 cm³/mol. The summed E-state index contributed by atoms with van der Waals surface area (Å²) in [4.78, 5) is 14.3. The van der Waals surface area contributed by atoms with Crippen molar-refractivity contribution in [2.75, 3.05) is 74.6 Å². The van der Waals surface area contributed by atoms with E-state index in [1.54, 1.807) is 12.1 Å². The number of rotatable bonds is 11. The lowest BCUT2D eigenvalue weighted by Crippen LogP contribution is -2.50. The van der Waals surface area contributed by atoms with Crippen LogP contribution in [0.1, 0.15) is 38.8 Å². The van der Waals surface area contributed by atoms with Crippen molar-refractivity contribution in [2.45, 2.75) is 39.2 Å². The molecule has 2 saturated heterocycles. The van der Waals surface area contributed by atoms with Gasteiger partial charge in [-0.1, -0.05) is 6.42 Å². The second-order valence-corrected chi connectivity index (χ2v) is 9.47. The van der Waals surface area contributed by atoms with Gasteiger partial charge >= 0.3 is 0 Å². The highest BCUT2D eigenvalue weighted by molar-refractivity contribution is 6.05. The molecule has 0 aliphatic carbocycles. The van der Waals surface area contributed by atoms with Crippen molar-refractivity contribution >= 4 is 28.9 Å². The van der Waals surface area contributed by atoms with Crippen LogP contribution in [0.4, 0.5) is 27.5 Å². The Morgan fingerprint density at radius 1 is 1.17 bits per heavy atom. The Balaban J connectivity index is 1.70. The van der Waals surface area contributed by atoms with Crippen molar-refractivity contribution in [1.82, 2.24) is 20.2 Å². The summed E-state index contributed by atoms with van der Waals surface area (Å²) in [6.45, 7) is 10.8. The Hall–Kier alpha value is -2.82. The number of halogens is 1. The number of nitrogens with zero attached hydrogens (tertiary/aromatic N) is 4. The highest BCUT2D eigenvalue weighted by Gasteiger charge is 2.25. The SMILES string of the molecule is CCOCCNc1c(Nc2ccc(F)cc2)nc(N2CCN[C@@H](C)C2)nc1C(=N)CN1CCCCC1. The smallest absolute Gasteiger partial charge is 0.228 e. The highest BCUT2D eigenvalue weighted by Crippen LogP contribution is 2.30. The molecular weight excluding hydrogens is 459 g/mol. The quantitative estimate of drug-likeness (QED) is 0.276. The van der Waals surface area contributed by atoms with E-state index < -0.39 is 0 Å². The molecule has 0 saturated carbocycles. The molecule has 4 N–H and O–H groups in total. The average molecular weight is 499 g/mol. The number of hydrogen-bond acceptors (Lipinski definition) is 9. The van der Waals surface area contributed by atoms with E-state index in [9.17, 15) is 4.39 Å². The zero-order valence-corrected chi connectivity index (χ0v) is 21.4. The molecule has 1 aromatic heterocycles. The number of piperazine rings is 1. The first-order valence-electron chi connectivity index (χ1n) is 13.1. The zero-order valence-electron chi connectivity index (χ0n) is 21.4. The van der Waals surface area contributed by atoms with Crippen LogP contribution < -0.4 is 20.9 Å². The molecule has 0 amide bonds. The molecule has 3 heterocycles. The van der Waals surface area contributed by atoms with Crippen LogP contribution in [0.25, 0.3) is 0 Å². The summed E-state index contributed by atoms with van der Waals surface area (Å²) in [6.07, 6.45) is 3.58. The zero-order chi connectivity index (χ0) is 25.3. The van der Waals surface area contributed by atoms with Gasteiger partial charge in [0, 0.05) is 51.1 Å². The molecule has 2 aliphatic heterocycles. The summed E-state index contributed by atoms with van der Waals surface area (Å²) in [5.74, 6) is 0.882. The third-order valence-electron chi connectivity index (χ3n) is 6.52. The molecule has 10 heteroatoms. The molecule has 1 aromatic carbocycles. The number of hydrogen-bond donors (Lipinski definition) is 4. The largest absolute Gasteiger partial charge is 0.380 e. The number of benzene rings is 1. The lowest BCUT2D eigenvalue weighted by atomic mass is 10.1. The number of anilines is 4. The maximum absolute atomic E-state index is 13.6. The lowest BCUT2D eigenvalue weighted by Gasteiger charge is -2.33. The van der Waals surface area contributed by atoms with Crippen LogP contribution >= 0.6 is 0 Å². The van der Waals surface area contributed by atoms with Crippen molar-refractivity contribution in [3.63, 3.8) is 0 Å². The van der Waals surface area contributed by atoms with Gasteiger partial charge in [-0.25, -0.2) is 9.37 Å². The van der Waals surface area contributed by atoms with Crippen molar-refractivity contribution in [1.29, 1.82) is 5.41 Å². The minimum Gasteiger partial charge on any atom is -0.380 e. The van der Waals surface area contributed by atoms with E-state index in [2.05, 4.69) is 32.7 Å². The molecule has 0 radical (unpaired) electrons. The third kappa shape index (κ3) is 7.11. The van der Waals surface area contributed by atoms with Crippen molar-refractivity contribution < 1.29 is 9.13 Å². The minimum atomic E-state index is -0.294. The third-order valence-corrected chi connectivity index (χ3v) is 6.52. The van der Waals surface area contributed by atoms with Crippen LogP contribution in [-0.4, -0.2) is 85.6 Å². The molecule has 2 aromatic rings. The van der Waals surface area contributed by atoms with Gasteiger partial charge in [0.15, 0.2) is 5.82 Å². The second-order valence-electron chi connectivity index (χ2n) is 9.47. The Labute approximate surface area is 213 Å². The van der Waals surface area contributed by atoms with Gasteiger partial charge in [0.25, 0.3) is 0 Å². The molecule has 1 atom stereocenters. The van der Waals surface area contributed by atoms with Gasteiger partial charge in [0.2, 0.25) is 5.95 Å². The van der Waals surface area contributed by atoms with Gasteiger partial charge in [-0.3, -0.25) is 4.90 Å². The van der Waals surface area contributed by atoms with E-state index >= 15 is 0 Å². The number of piperidine rings is 1. The predicted octanol–water partition coefficient (Wildman–Crippen LogP) is 3.46. The Morgan fingerprint density at radius 2 is 1.94 bits per heavy atom. The van der Waals surface area contributed by atoms with Gasteiger partial charge in [-0.15, -0.1) is 0 Å². The summed E-state index contributed by atoms with van der Waals surface area (Å²) in [5, 5.41) is 19.3. The van der Waals surface area contributed by atoms with E-state index in [0.717, 1.165) is 51.3 Å². The van der Waals surface area contributed by atoms with E-state index in [4.69, 9.17) is 20.1 Å². The lowest BCUT2D eigenvalue weighted by molar-refractivity contribution is 0.158. The average Bonchev–Trinajstić information content (AvgIpc) is 2.89. The van der Waals surface area contributed by atoms with Crippen LogP contribution in [0.3, 0.4) is 0 Å². The van der Waals surface area contributed by atoms with Crippen LogP contribution in [0.2, 0.25) is 0 Å². The van der Waals surface area contributed by atoms with Gasteiger partial charge < -0.3 is 31.0 Å². The fourth-order valence-electron chi connectivity index (χ4n) is 4.66. The number of nitrogens with one attached hydrogen (secondary N) is 4. The summed E-state index contributed by atoms with van der Waals surface area (Å²) < 4.78 is 19.1. The number of likely N-dealkylation sites (tertiary alicyclic amines) is 1. The Kier molecular flexibility index (Phi) is 9.43. The molecule has 196 valence electrons. The minimum absolute atomic E-state index is 0.294. The molecule has 0 bridgehead atoms. The van der Waals surface area contributed by atoms with E-state index in [0.29, 0.717) is 61.2 Å². The topological polar surface area (TPSA) is 101 Å². The fourth-order valence-corrected chi connectivity index (χ4v) is 4.66. The van der Waals surface area contributed by atoms with Gasteiger partial charge in [0.1, 0.15) is 17.2 Å². The Morgan fingerprint density at radius 3 is 2.67 bits per heavy atom. The van der Waals surface area contributed by atoms with Crippen LogP contribution in [0.15, 0.2) is 24.3 Å². The maximum Gasteiger partial charge on any atom is 0.228 e. The number of ether oxygens (including phenoxy) is 1. The summed E-state index contributed by atoms with van der Waals surface area (Å²) in [7, 11) is 0. The first kappa shape index (κ1) is 26.2. The van der Waals surface area contributed by atoms with Crippen molar-refractivity contribution in [3.8, 4) is 0 Å². The van der Waals surface area contributed by atoms with Gasteiger partial charge in [-0.05, 0) is 64.0 Å². The molecule has 2 fully saturated rings. The summed E-state index contributed by atoms with van der Waals surface area (Å²) >= 11 is 0. The van der Waals surface area contributed by atoms with Gasteiger partial charge in [-0.2, -0.15) is 4.98 Å². The maximum atomic E-state index is 13.6. The molecular formula is C26H39FN8O. The first-order chi connectivity index (χ1) is 17.5. The normalized spacial score (nSPS) is 18.8. The Bertz CT molecular complexity index is 996. The molecule has 0 spiro atoms. The summed E-state index contributed by atoms with van der Waals surface area (Å²) in [5.41, 5.74) is 2.45. The number of aromatic nitrogens is 2. The van der Waals surface area contributed by atoms with E-state index in [1.165, 1.54) is 18.6 Å². The van der Waals surface area contributed by atoms with E-state index in [1.807, 2.05) is 6.92 Å². The van der Waals surface area contributed by atoms with Crippen LogP contribution in [0.5, 0.6) is 0 Å². The van der Waals surface area contributed by atoms with Crippen molar-refractivity contribution in [2.24, 2.45) is 0 Å². The molecule has 36 heavy (non-hydrogen) atoms. The fraction of sp³-hybridized carbons (Fsp3) is 0.577.